The minimum absolute atomic E-state index is 0.0191. The smallest absolute Gasteiger partial charge is 0.428 e. The van der Waals surface area contributed by atoms with E-state index in [-0.39, 0.29) is 11.6 Å². The minimum Gasteiger partial charge on any atom is -0.428 e. The molecular weight excluding hydrogens is 611 g/mol. The molecule has 0 bridgehead atoms. The summed E-state index contributed by atoms with van der Waals surface area (Å²) in [6.07, 6.45) is 2.16. The number of sulfone groups is 1. The Morgan fingerprint density at radius 3 is 2.32 bits per heavy atom. The number of carbonyl (C=O) groups excluding carboxylic acids is 1. The van der Waals surface area contributed by atoms with Crippen LogP contribution >= 0.6 is 0 Å². The molecule has 0 aliphatic rings. The molecule has 0 aliphatic heterocycles. The number of benzene rings is 4. The number of nitrogens with zero attached hydrogens (tertiary/aromatic N) is 2. The fraction of sp³-hybridized carbons (Fsp3) is 0.316. The molecule has 5 rings (SSSR count). The highest BCUT2D eigenvalue weighted by Crippen LogP contribution is 2.32. The largest absolute Gasteiger partial charge is 0.514 e. The molecule has 0 atom stereocenters. The summed E-state index contributed by atoms with van der Waals surface area (Å²) < 4.78 is 39.0. The first-order valence-corrected chi connectivity index (χ1v) is 17.8. The molecule has 0 radical (unpaired) electrons. The highest BCUT2D eigenvalue weighted by atomic mass is 32.2. The quantitative estimate of drug-likeness (QED) is 0.106. The number of aromatic nitrogens is 2. The third-order valence-corrected chi connectivity index (χ3v) is 9.04. The van der Waals surface area contributed by atoms with E-state index in [2.05, 4.69) is 28.9 Å². The van der Waals surface area contributed by atoms with Crippen LogP contribution in [-0.4, -0.2) is 35.6 Å². The molecule has 1 aromatic heterocycles. The van der Waals surface area contributed by atoms with Gasteiger partial charge in [-0.15, -0.1) is 0 Å². The molecule has 0 fully saturated rings. The molecule has 8 nitrogen and oxygen atoms in total. The number of ether oxygens (including phenoxy) is 2. The van der Waals surface area contributed by atoms with E-state index in [1.54, 1.807) is 26.8 Å². The molecule has 9 heteroatoms. The van der Waals surface area contributed by atoms with Crippen LogP contribution in [0.1, 0.15) is 63.1 Å². The molecular formula is C38H43N3O5S. The lowest BCUT2D eigenvalue weighted by atomic mass is 10.0. The topological polar surface area (TPSA) is 99.5 Å². The van der Waals surface area contributed by atoms with Crippen LogP contribution in [0.25, 0.3) is 22.2 Å². The summed E-state index contributed by atoms with van der Waals surface area (Å²) in [5, 5.41) is 3.16. The lowest BCUT2D eigenvalue weighted by molar-refractivity contribution is 0.0207. The molecule has 0 saturated heterocycles. The van der Waals surface area contributed by atoms with Gasteiger partial charge in [0.05, 0.1) is 16.8 Å². The second-order valence-corrected chi connectivity index (χ2v) is 14.9. The average Bonchev–Trinajstić information content (AvgIpc) is 3.36. The van der Waals surface area contributed by atoms with Gasteiger partial charge in [0.25, 0.3) is 0 Å². The fourth-order valence-corrected chi connectivity index (χ4v) is 6.63. The number of hydrogen-bond donors (Lipinski definition) is 1. The van der Waals surface area contributed by atoms with Gasteiger partial charge in [-0.3, -0.25) is 0 Å². The Morgan fingerprint density at radius 2 is 1.62 bits per heavy atom. The number of anilines is 1. The Balaban J connectivity index is 1.39. The highest BCUT2D eigenvalue weighted by molar-refractivity contribution is 7.90. The summed E-state index contributed by atoms with van der Waals surface area (Å²) in [7, 11) is -3.38. The molecule has 0 spiro atoms. The van der Waals surface area contributed by atoms with Gasteiger partial charge in [-0.05, 0) is 74.6 Å². The van der Waals surface area contributed by atoms with Crippen molar-refractivity contribution in [2.24, 2.45) is 0 Å². The van der Waals surface area contributed by atoms with E-state index in [0.29, 0.717) is 12.3 Å². The van der Waals surface area contributed by atoms with Gasteiger partial charge in [-0.2, -0.15) is 0 Å². The van der Waals surface area contributed by atoms with E-state index in [1.165, 1.54) is 0 Å². The van der Waals surface area contributed by atoms with Crippen LogP contribution in [0.3, 0.4) is 0 Å². The molecule has 246 valence electrons. The third-order valence-electron chi connectivity index (χ3n) is 7.68. The zero-order valence-corrected chi connectivity index (χ0v) is 28.6. The van der Waals surface area contributed by atoms with Crippen LogP contribution in [-0.2, 0) is 33.3 Å². The molecule has 47 heavy (non-hydrogen) atoms. The number of unbranched alkanes of at least 4 members (excludes halogenated alkanes) is 1. The molecule has 0 aliphatic carbocycles. The van der Waals surface area contributed by atoms with Crippen molar-refractivity contribution in [1.82, 2.24) is 9.55 Å². The lowest BCUT2D eigenvalue weighted by Crippen LogP contribution is -2.26. The van der Waals surface area contributed by atoms with Gasteiger partial charge in [0, 0.05) is 24.2 Å². The summed E-state index contributed by atoms with van der Waals surface area (Å²) in [6.45, 7) is 10.2. The molecule has 0 amide bonds. The first-order chi connectivity index (χ1) is 22.4. The number of aryl methyl sites for hydroxylation is 2. The molecule has 5 aromatic rings. The molecule has 1 N–H and O–H groups in total. The van der Waals surface area contributed by atoms with E-state index < -0.39 is 21.6 Å². The van der Waals surface area contributed by atoms with Crippen LogP contribution in [0.15, 0.2) is 91.0 Å². The molecule has 1 heterocycles. The van der Waals surface area contributed by atoms with Crippen LogP contribution in [0, 0.1) is 6.92 Å². The standard InChI is InChI=1S/C38H43N3O5S/c1-6-7-17-35-40-36-27(2)22-31(39-26-47(43,44)25-29-13-9-8-10-14-29)23-33(36)41(35)24-28-18-20-30(21-19-28)32-15-11-12-16-34(32)45-37(42)46-38(3,4)5/h8-16,18-23,39H,6-7,17,24-26H2,1-5H3. The van der Waals surface area contributed by atoms with Gasteiger partial charge in [0.1, 0.15) is 23.1 Å². The number of para-hydroxylation sites is 1. The number of hydrogen-bond acceptors (Lipinski definition) is 7. The van der Waals surface area contributed by atoms with E-state index in [1.807, 2.05) is 79.7 Å². The predicted molar refractivity (Wildman–Crippen MR) is 188 cm³/mol. The normalized spacial score (nSPS) is 11.9. The maximum Gasteiger partial charge on any atom is 0.514 e. The number of carbonyl (C=O) groups is 1. The van der Waals surface area contributed by atoms with E-state index in [9.17, 15) is 13.2 Å². The van der Waals surface area contributed by atoms with Crippen LogP contribution < -0.4 is 10.1 Å². The maximum absolute atomic E-state index is 12.9. The Hall–Kier alpha value is -4.63. The number of imidazole rings is 1. The second-order valence-electron chi connectivity index (χ2n) is 12.8. The van der Waals surface area contributed by atoms with Gasteiger partial charge >= 0.3 is 6.16 Å². The van der Waals surface area contributed by atoms with Gasteiger partial charge in [-0.25, -0.2) is 18.2 Å². The second kappa shape index (κ2) is 14.4. The fourth-order valence-electron chi connectivity index (χ4n) is 5.44. The average molecular weight is 654 g/mol. The van der Waals surface area contributed by atoms with Gasteiger partial charge in [0.15, 0.2) is 9.84 Å². The van der Waals surface area contributed by atoms with Crippen molar-refractivity contribution in [1.29, 1.82) is 0 Å². The van der Waals surface area contributed by atoms with Crippen molar-refractivity contribution in [3.8, 4) is 16.9 Å². The first kappa shape index (κ1) is 33.7. The Morgan fingerprint density at radius 1 is 0.915 bits per heavy atom. The van der Waals surface area contributed by atoms with Crippen molar-refractivity contribution < 1.29 is 22.7 Å². The SMILES string of the molecule is CCCCc1nc2c(C)cc(NCS(=O)(=O)Cc3ccccc3)cc2n1Cc1ccc(-c2ccccc2OC(=O)OC(C)(C)C)cc1. The van der Waals surface area contributed by atoms with E-state index in [4.69, 9.17) is 14.5 Å². The highest BCUT2D eigenvalue weighted by Gasteiger charge is 2.20. The van der Waals surface area contributed by atoms with Gasteiger partial charge in [0.2, 0.25) is 0 Å². The summed E-state index contributed by atoms with van der Waals surface area (Å²) >= 11 is 0. The van der Waals surface area contributed by atoms with Crippen molar-refractivity contribution >= 4 is 32.7 Å². The van der Waals surface area contributed by atoms with Crippen molar-refractivity contribution in [2.45, 2.75) is 71.8 Å². The number of nitrogens with one attached hydrogen (secondary N) is 1. The zero-order valence-electron chi connectivity index (χ0n) is 27.7. The monoisotopic (exact) mass is 653 g/mol. The lowest BCUT2D eigenvalue weighted by Gasteiger charge is -2.19. The van der Waals surface area contributed by atoms with Crippen LogP contribution in [0.4, 0.5) is 10.5 Å². The summed E-state index contributed by atoms with van der Waals surface area (Å²) in [5.74, 6) is 1.25. The van der Waals surface area contributed by atoms with Crippen molar-refractivity contribution in [3.63, 3.8) is 0 Å². The number of fused-ring (bicyclic) bond motifs is 1. The van der Waals surface area contributed by atoms with Crippen molar-refractivity contribution in [3.05, 3.63) is 114 Å². The van der Waals surface area contributed by atoms with E-state index >= 15 is 0 Å². The van der Waals surface area contributed by atoms with Crippen LogP contribution in [0.2, 0.25) is 0 Å². The third kappa shape index (κ3) is 9.01. The summed E-state index contributed by atoms with van der Waals surface area (Å²) in [5.41, 5.74) is 6.49. The molecule has 4 aromatic carbocycles. The van der Waals surface area contributed by atoms with Gasteiger partial charge in [-0.1, -0.05) is 86.1 Å². The Labute approximate surface area is 277 Å². The zero-order chi connectivity index (χ0) is 33.6. The minimum atomic E-state index is -3.38. The van der Waals surface area contributed by atoms with Crippen molar-refractivity contribution in [2.75, 3.05) is 11.2 Å². The van der Waals surface area contributed by atoms with Crippen LogP contribution in [0.5, 0.6) is 5.75 Å². The first-order valence-electron chi connectivity index (χ1n) is 16.0. The number of rotatable bonds is 12. The Kier molecular flexibility index (Phi) is 10.3. The summed E-state index contributed by atoms with van der Waals surface area (Å²) in [4.78, 5) is 17.4. The molecule has 0 unspecified atom stereocenters. The summed E-state index contributed by atoms with van der Waals surface area (Å²) in [6, 6.07) is 28.8. The molecule has 0 saturated carbocycles. The Bertz CT molecular complexity index is 1940. The van der Waals surface area contributed by atoms with E-state index in [0.717, 1.165) is 69.6 Å². The van der Waals surface area contributed by atoms with Gasteiger partial charge < -0.3 is 19.4 Å². The predicted octanol–water partition coefficient (Wildman–Crippen LogP) is 8.70. The maximum atomic E-state index is 12.9.